The van der Waals surface area contributed by atoms with Gasteiger partial charge in [-0.05, 0) is 85.6 Å². The number of benzene rings is 6. The molecule has 6 aromatic rings. The minimum Gasteiger partial charge on any atom is -0.0616 e. The van der Waals surface area contributed by atoms with Gasteiger partial charge in [-0.1, -0.05) is 87.5 Å². The van der Waals surface area contributed by atoms with E-state index in [1.807, 2.05) is 0 Å². The molecule has 0 fully saturated rings. The summed E-state index contributed by atoms with van der Waals surface area (Å²) in [5, 5.41) is 9.56. The Balaban J connectivity index is 1.37. The molecule has 0 bridgehead atoms. The molecule has 3 aliphatic carbocycles. The van der Waals surface area contributed by atoms with Crippen LogP contribution < -0.4 is 5.22 Å². The lowest BCUT2D eigenvalue weighted by molar-refractivity contribution is 0.591. The molecule has 0 aromatic heterocycles. The average Bonchev–Trinajstić information content (AvgIpc) is 2.97. The van der Waals surface area contributed by atoms with E-state index in [0.717, 1.165) is 0 Å². The van der Waals surface area contributed by atoms with Crippen molar-refractivity contribution in [2.24, 2.45) is 0 Å². The van der Waals surface area contributed by atoms with Gasteiger partial charge in [-0.2, -0.15) is 0 Å². The van der Waals surface area contributed by atoms with E-state index in [-0.39, 0.29) is 17.3 Å². The van der Waals surface area contributed by atoms with E-state index >= 15 is 0 Å². The third kappa shape index (κ3) is 2.94. The predicted molar refractivity (Wildman–Crippen MR) is 169 cm³/mol. The number of hydrogen-bond acceptors (Lipinski definition) is 0. The fraction of sp³-hybridized carbons (Fsp3) is 0.150. The lowest BCUT2D eigenvalue weighted by Gasteiger charge is -2.42. The molecule has 0 heteroatoms. The zero-order valence-corrected chi connectivity index (χ0v) is 23.1. The zero-order chi connectivity index (χ0) is 26.7. The van der Waals surface area contributed by atoms with Gasteiger partial charge in [0.25, 0.3) is 0 Å². The molecule has 0 spiro atoms. The topological polar surface area (TPSA) is 0 Å². The summed E-state index contributed by atoms with van der Waals surface area (Å²) >= 11 is 0. The van der Waals surface area contributed by atoms with Gasteiger partial charge < -0.3 is 0 Å². The van der Waals surface area contributed by atoms with Crippen molar-refractivity contribution in [3.8, 4) is 0 Å². The molecule has 0 saturated carbocycles. The Morgan fingerprint density at radius 3 is 2.15 bits per heavy atom. The summed E-state index contributed by atoms with van der Waals surface area (Å²) in [4.78, 5) is 0. The second-order valence-corrected chi connectivity index (χ2v) is 12.9. The Morgan fingerprint density at radius 2 is 1.35 bits per heavy atom. The molecular weight excluding hydrogens is 480 g/mol. The third-order valence-electron chi connectivity index (χ3n) is 9.71. The highest BCUT2D eigenvalue weighted by Crippen LogP contribution is 2.60. The van der Waals surface area contributed by atoms with Crippen molar-refractivity contribution in [3.05, 3.63) is 154 Å². The summed E-state index contributed by atoms with van der Waals surface area (Å²) in [5.41, 5.74) is 8.55. The average molecular weight is 511 g/mol. The van der Waals surface area contributed by atoms with Crippen molar-refractivity contribution in [3.63, 3.8) is 0 Å². The number of fused-ring (bicyclic) bond motifs is 10. The monoisotopic (exact) mass is 510 g/mol. The van der Waals surface area contributed by atoms with Gasteiger partial charge in [0.05, 0.1) is 23.0 Å². The summed E-state index contributed by atoms with van der Waals surface area (Å²) in [6, 6.07) is 37.1. The second kappa shape index (κ2) is 7.67. The minimum absolute atomic E-state index is 0.114. The van der Waals surface area contributed by atoms with E-state index in [1.165, 1.54) is 82.8 Å². The fourth-order valence-electron chi connectivity index (χ4n) is 7.81. The maximum Gasteiger partial charge on any atom is 0.103 e. The normalized spacial score (nSPS) is 19.3. The van der Waals surface area contributed by atoms with Crippen LogP contribution in [0, 0.1) is 11.8 Å². The zero-order valence-electron chi connectivity index (χ0n) is 23.1. The lowest BCUT2D eigenvalue weighted by atomic mass is 9.56. The van der Waals surface area contributed by atoms with Crippen LogP contribution in [-0.4, -0.2) is 0 Å². The van der Waals surface area contributed by atoms with Gasteiger partial charge in [0, 0.05) is 34.4 Å². The number of allylic oxidation sites excluding steroid dienone is 1. The van der Waals surface area contributed by atoms with Crippen LogP contribution in [0.15, 0.2) is 103 Å². The van der Waals surface area contributed by atoms with E-state index in [9.17, 15) is 0 Å². The molecule has 6 aromatic carbocycles. The molecule has 0 saturated heterocycles. The summed E-state index contributed by atoms with van der Waals surface area (Å²) in [7, 11) is 0. The molecule has 1 radical (unpaired) electrons. The highest BCUT2D eigenvalue weighted by atomic mass is 14.5. The summed E-state index contributed by atoms with van der Waals surface area (Å²) in [5.74, 6) is 3.47. The van der Waals surface area contributed by atoms with Crippen LogP contribution in [0.4, 0.5) is 0 Å². The van der Waals surface area contributed by atoms with Crippen molar-refractivity contribution in [1.82, 2.24) is 0 Å². The van der Waals surface area contributed by atoms with Crippen LogP contribution in [0.5, 0.6) is 0 Å². The molecule has 0 nitrogen and oxygen atoms in total. The third-order valence-corrected chi connectivity index (χ3v) is 9.71. The molecule has 3 aliphatic rings. The Morgan fingerprint density at radius 1 is 0.625 bits per heavy atom. The van der Waals surface area contributed by atoms with Crippen LogP contribution in [0.3, 0.4) is 0 Å². The summed E-state index contributed by atoms with van der Waals surface area (Å²) < 4.78 is 0. The van der Waals surface area contributed by atoms with Crippen molar-refractivity contribution in [2.75, 3.05) is 0 Å². The molecule has 0 heterocycles. The first-order valence-corrected chi connectivity index (χ1v) is 14.5. The molecule has 189 valence electrons. The second-order valence-electron chi connectivity index (χ2n) is 12.9. The van der Waals surface area contributed by atoms with Crippen molar-refractivity contribution in [2.45, 2.75) is 38.0 Å². The molecule has 2 atom stereocenters. The van der Waals surface area contributed by atoms with Crippen molar-refractivity contribution in [1.29, 1.82) is 0 Å². The highest BCUT2D eigenvalue weighted by molar-refractivity contribution is 6.13. The van der Waals surface area contributed by atoms with E-state index in [2.05, 4.69) is 136 Å². The molecular formula is C40H30+. The summed E-state index contributed by atoms with van der Waals surface area (Å²) in [6.45, 7) is 6.94. The Kier molecular flexibility index (Phi) is 4.32. The van der Waals surface area contributed by atoms with Crippen molar-refractivity contribution >= 4 is 44.5 Å². The Labute approximate surface area is 235 Å². The molecule has 0 aliphatic heterocycles. The maximum atomic E-state index is 2.51. The number of rotatable bonds is 0. The van der Waals surface area contributed by atoms with E-state index in [1.54, 1.807) is 0 Å². The van der Waals surface area contributed by atoms with E-state index in [0.29, 0.717) is 0 Å². The van der Waals surface area contributed by atoms with Crippen LogP contribution in [0.1, 0.15) is 66.0 Å². The smallest absolute Gasteiger partial charge is 0.0616 e. The fourth-order valence-corrected chi connectivity index (χ4v) is 7.81. The Hall–Kier alpha value is -4.29. The van der Waals surface area contributed by atoms with Crippen LogP contribution in [0.25, 0.3) is 44.5 Å². The van der Waals surface area contributed by atoms with E-state index < -0.39 is 0 Å². The van der Waals surface area contributed by atoms with Crippen LogP contribution >= 0.6 is 0 Å². The standard InChI is InChI=1S/C40H30/c1-40(2,3)29-19-26-12-13-28-22-35-31-11-7-6-10-30(31)32-16-14-25-18-23-8-4-5-9-24(23)21-34(25)38(32)39(35)33-17-15-27(20-29)36(26)37(28)33/h4-22,38-39H,1-3H3/q+1. The van der Waals surface area contributed by atoms with Crippen LogP contribution in [0.2, 0.25) is 0 Å². The first-order valence-electron chi connectivity index (χ1n) is 14.5. The lowest BCUT2D eigenvalue weighted by Crippen LogP contribution is -2.35. The van der Waals surface area contributed by atoms with Gasteiger partial charge in [0.2, 0.25) is 0 Å². The SMILES string of the molecule is CC(C)(C)c1cc2ccc3c4c(ccc(c1)c24)=C[C+]1c2ccccc2[C]2C=Cc4cc5ccccc5cc4C2C31. The van der Waals surface area contributed by atoms with Crippen LogP contribution in [-0.2, 0) is 5.41 Å². The number of hydrogen-bond donors (Lipinski definition) is 0. The summed E-state index contributed by atoms with van der Waals surface area (Å²) in [6.07, 6.45) is 7.26. The van der Waals surface area contributed by atoms with Gasteiger partial charge in [-0.15, -0.1) is 0 Å². The molecule has 0 amide bonds. The van der Waals surface area contributed by atoms with E-state index in [4.69, 9.17) is 0 Å². The van der Waals surface area contributed by atoms with Crippen molar-refractivity contribution < 1.29 is 0 Å². The van der Waals surface area contributed by atoms with Gasteiger partial charge in [0.15, 0.2) is 0 Å². The Bertz CT molecular complexity index is 2100. The first kappa shape index (κ1) is 22.5. The van der Waals surface area contributed by atoms with Gasteiger partial charge >= 0.3 is 0 Å². The molecule has 9 rings (SSSR count). The first-order chi connectivity index (χ1) is 19.5. The largest absolute Gasteiger partial charge is 0.103 e. The molecule has 0 N–H and O–H groups in total. The molecule has 2 unspecified atom stereocenters. The predicted octanol–water partition coefficient (Wildman–Crippen LogP) is 9.41. The minimum atomic E-state index is 0.114. The quantitative estimate of drug-likeness (QED) is 0.179. The highest BCUT2D eigenvalue weighted by Gasteiger charge is 2.51. The van der Waals surface area contributed by atoms with Gasteiger partial charge in [-0.25, -0.2) is 0 Å². The molecule has 40 heavy (non-hydrogen) atoms. The van der Waals surface area contributed by atoms with Gasteiger partial charge in [0.1, 0.15) is 5.56 Å². The van der Waals surface area contributed by atoms with Gasteiger partial charge in [-0.3, -0.25) is 0 Å². The maximum absolute atomic E-state index is 2.51.